The van der Waals surface area contributed by atoms with E-state index in [1.807, 2.05) is 0 Å². The molecule has 6 heteroatoms. The molecule has 1 saturated carbocycles. The van der Waals surface area contributed by atoms with Crippen molar-refractivity contribution in [3.63, 3.8) is 0 Å². The number of halogens is 1. The topological polar surface area (TPSA) is 79.3 Å². The van der Waals surface area contributed by atoms with E-state index < -0.39 is 17.7 Å². The number of hydrogen-bond donors (Lipinski definition) is 2. The molecule has 1 heterocycles. The zero-order chi connectivity index (χ0) is 13.1. The third-order valence-electron chi connectivity index (χ3n) is 3.01. The highest BCUT2D eigenvalue weighted by Crippen LogP contribution is 2.30. The fourth-order valence-electron chi connectivity index (χ4n) is 2.07. The molecule has 1 fully saturated rings. The summed E-state index contributed by atoms with van der Waals surface area (Å²) in [7, 11) is 0. The van der Waals surface area contributed by atoms with Crippen LogP contribution < -0.4 is 5.32 Å². The van der Waals surface area contributed by atoms with Gasteiger partial charge in [0.25, 0.3) is 5.91 Å². The molecule has 0 saturated heterocycles. The second-order valence-electron chi connectivity index (χ2n) is 4.44. The Labute approximate surface area is 103 Å². The highest BCUT2D eigenvalue weighted by molar-refractivity contribution is 5.92. The van der Waals surface area contributed by atoms with E-state index in [0.717, 1.165) is 0 Å². The smallest absolute Gasteiger partial charge is 0.303 e. The maximum Gasteiger partial charge on any atom is 0.303 e. The molecule has 2 rings (SSSR count). The van der Waals surface area contributed by atoms with Gasteiger partial charge < -0.3 is 10.4 Å². The first kappa shape index (κ1) is 12.5. The number of aliphatic carboxylic acids is 1. The molecule has 0 radical (unpaired) electrons. The summed E-state index contributed by atoms with van der Waals surface area (Å²) in [6.45, 7) is 0. The summed E-state index contributed by atoms with van der Waals surface area (Å²) in [6.07, 6.45) is 2.70. The van der Waals surface area contributed by atoms with Crippen LogP contribution in [-0.4, -0.2) is 28.0 Å². The van der Waals surface area contributed by atoms with Crippen molar-refractivity contribution in [1.29, 1.82) is 0 Å². The van der Waals surface area contributed by atoms with Crippen LogP contribution >= 0.6 is 0 Å². The molecule has 1 aromatic heterocycles. The molecule has 1 aliphatic rings. The number of rotatable bonds is 4. The first-order valence-electron chi connectivity index (χ1n) is 5.69. The number of carbonyl (C=O) groups is 2. The average molecular weight is 252 g/mol. The number of nitrogens with zero attached hydrogens (tertiary/aromatic N) is 1. The maximum atomic E-state index is 13.3. The fourth-order valence-corrected chi connectivity index (χ4v) is 2.07. The van der Waals surface area contributed by atoms with Gasteiger partial charge in [0.2, 0.25) is 0 Å². The van der Waals surface area contributed by atoms with Gasteiger partial charge in [-0.3, -0.25) is 9.59 Å². The van der Waals surface area contributed by atoms with Gasteiger partial charge in [-0.15, -0.1) is 0 Å². The molecule has 1 aliphatic carbocycles. The van der Waals surface area contributed by atoms with Gasteiger partial charge in [0, 0.05) is 18.7 Å². The number of amides is 1. The number of aromatic nitrogens is 1. The molecule has 0 aliphatic heterocycles. The highest BCUT2D eigenvalue weighted by Gasteiger charge is 2.32. The van der Waals surface area contributed by atoms with Crippen molar-refractivity contribution in [2.24, 2.45) is 5.92 Å². The average Bonchev–Trinajstić information content (AvgIpc) is 2.26. The van der Waals surface area contributed by atoms with Crippen molar-refractivity contribution >= 4 is 11.9 Å². The second kappa shape index (κ2) is 5.12. The summed E-state index contributed by atoms with van der Waals surface area (Å²) in [5.41, 5.74) is -0.223. The van der Waals surface area contributed by atoms with E-state index in [1.54, 1.807) is 0 Å². The third kappa shape index (κ3) is 2.82. The molecule has 0 atom stereocenters. The first-order valence-corrected chi connectivity index (χ1v) is 5.69. The van der Waals surface area contributed by atoms with Crippen LogP contribution in [0.2, 0.25) is 0 Å². The number of carbonyl (C=O) groups excluding carboxylic acids is 1. The number of pyridine rings is 1. The largest absolute Gasteiger partial charge is 0.481 e. The molecule has 0 unspecified atom stereocenters. The Morgan fingerprint density at radius 3 is 2.83 bits per heavy atom. The molecule has 2 N–H and O–H groups in total. The molecular weight excluding hydrogens is 239 g/mol. The lowest BCUT2D eigenvalue weighted by Crippen LogP contribution is -2.45. The Morgan fingerprint density at radius 2 is 2.22 bits per heavy atom. The zero-order valence-electron chi connectivity index (χ0n) is 9.60. The summed E-state index contributed by atoms with van der Waals surface area (Å²) in [6, 6.07) is 2.51. The summed E-state index contributed by atoms with van der Waals surface area (Å²) in [4.78, 5) is 25.8. The van der Waals surface area contributed by atoms with Gasteiger partial charge >= 0.3 is 5.97 Å². The van der Waals surface area contributed by atoms with E-state index in [9.17, 15) is 14.0 Å². The number of carboxylic acid groups (broad SMARTS) is 1. The minimum absolute atomic E-state index is 0.0803. The van der Waals surface area contributed by atoms with Gasteiger partial charge in [-0.25, -0.2) is 9.37 Å². The number of carboxylic acids is 1. The van der Waals surface area contributed by atoms with Crippen LogP contribution in [0.15, 0.2) is 18.3 Å². The predicted molar refractivity (Wildman–Crippen MR) is 60.4 cm³/mol. The van der Waals surface area contributed by atoms with Crippen LogP contribution in [0.3, 0.4) is 0 Å². The lowest BCUT2D eigenvalue weighted by Gasteiger charge is -2.34. The summed E-state index contributed by atoms with van der Waals surface area (Å²) < 4.78 is 13.3. The molecule has 1 aromatic rings. The minimum Gasteiger partial charge on any atom is -0.481 e. The number of nitrogens with one attached hydrogen (secondary N) is 1. The van der Waals surface area contributed by atoms with Gasteiger partial charge in [-0.2, -0.15) is 0 Å². The SMILES string of the molecule is O=C(O)CC1CC(NC(=O)c2ncccc2F)C1. The van der Waals surface area contributed by atoms with Crippen molar-refractivity contribution in [2.45, 2.75) is 25.3 Å². The van der Waals surface area contributed by atoms with Crippen LogP contribution in [-0.2, 0) is 4.79 Å². The monoisotopic (exact) mass is 252 g/mol. The van der Waals surface area contributed by atoms with E-state index in [-0.39, 0.29) is 24.1 Å². The van der Waals surface area contributed by atoms with Crippen LogP contribution in [0.25, 0.3) is 0 Å². The Kier molecular flexibility index (Phi) is 3.55. The summed E-state index contributed by atoms with van der Waals surface area (Å²) in [5, 5.41) is 11.2. The van der Waals surface area contributed by atoms with Crippen molar-refractivity contribution in [2.75, 3.05) is 0 Å². The van der Waals surface area contributed by atoms with E-state index in [4.69, 9.17) is 5.11 Å². The lowest BCUT2D eigenvalue weighted by atomic mass is 9.78. The van der Waals surface area contributed by atoms with E-state index in [2.05, 4.69) is 10.3 Å². The molecule has 96 valence electrons. The lowest BCUT2D eigenvalue weighted by molar-refractivity contribution is -0.138. The van der Waals surface area contributed by atoms with Gasteiger partial charge in [0.15, 0.2) is 11.5 Å². The number of hydrogen-bond acceptors (Lipinski definition) is 3. The molecule has 18 heavy (non-hydrogen) atoms. The van der Waals surface area contributed by atoms with Crippen LogP contribution in [0, 0.1) is 11.7 Å². The third-order valence-corrected chi connectivity index (χ3v) is 3.01. The molecular formula is C12H13FN2O3. The second-order valence-corrected chi connectivity index (χ2v) is 4.44. The standard InChI is InChI=1S/C12H13FN2O3/c13-9-2-1-3-14-11(9)12(18)15-8-4-7(5-8)6-10(16)17/h1-3,7-8H,4-6H2,(H,15,18)(H,16,17). The van der Waals surface area contributed by atoms with E-state index in [0.29, 0.717) is 12.8 Å². The Bertz CT molecular complexity index is 472. The quantitative estimate of drug-likeness (QED) is 0.844. The highest BCUT2D eigenvalue weighted by atomic mass is 19.1. The van der Waals surface area contributed by atoms with Crippen molar-refractivity contribution < 1.29 is 19.1 Å². The molecule has 0 spiro atoms. The van der Waals surface area contributed by atoms with Crippen LogP contribution in [0.1, 0.15) is 29.8 Å². The van der Waals surface area contributed by atoms with E-state index >= 15 is 0 Å². The van der Waals surface area contributed by atoms with Gasteiger partial charge in [-0.05, 0) is 30.9 Å². The Hall–Kier alpha value is -1.98. The first-order chi connectivity index (χ1) is 8.56. The van der Waals surface area contributed by atoms with E-state index in [1.165, 1.54) is 18.3 Å². The predicted octanol–water partition coefficient (Wildman–Crippen LogP) is 1.20. The van der Waals surface area contributed by atoms with Gasteiger partial charge in [-0.1, -0.05) is 0 Å². The van der Waals surface area contributed by atoms with Crippen LogP contribution in [0.5, 0.6) is 0 Å². The van der Waals surface area contributed by atoms with Crippen molar-refractivity contribution in [3.05, 3.63) is 29.8 Å². The zero-order valence-corrected chi connectivity index (χ0v) is 9.60. The van der Waals surface area contributed by atoms with Crippen molar-refractivity contribution in [1.82, 2.24) is 10.3 Å². The Morgan fingerprint density at radius 1 is 1.50 bits per heavy atom. The van der Waals surface area contributed by atoms with Gasteiger partial charge in [0.1, 0.15) is 0 Å². The van der Waals surface area contributed by atoms with Gasteiger partial charge in [0.05, 0.1) is 0 Å². The fraction of sp³-hybridized carbons (Fsp3) is 0.417. The summed E-state index contributed by atoms with van der Waals surface area (Å²) >= 11 is 0. The Balaban J connectivity index is 1.84. The molecule has 1 amide bonds. The normalized spacial score (nSPS) is 22.1. The van der Waals surface area contributed by atoms with Crippen molar-refractivity contribution in [3.8, 4) is 0 Å². The molecule has 0 aromatic carbocycles. The molecule has 0 bridgehead atoms. The minimum atomic E-state index is -0.833. The summed E-state index contributed by atoms with van der Waals surface area (Å²) in [5.74, 6) is -1.94. The molecule has 5 nitrogen and oxygen atoms in total. The maximum absolute atomic E-state index is 13.3. The van der Waals surface area contributed by atoms with Crippen LogP contribution in [0.4, 0.5) is 4.39 Å².